The summed E-state index contributed by atoms with van der Waals surface area (Å²) in [7, 11) is 0. The summed E-state index contributed by atoms with van der Waals surface area (Å²) < 4.78 is 5.77. The largest absolute Gasteiger partial charge is 0.441 e. The monoisotopic (exact) mass is 406 g/mol. The van der Waals surface area contributed by atoms with Gasteiger partial charge < -0.3 is 9.73 Å². The number of oxazole rings is 1. The number of aromatic nitrogens is 1. The standard InChI is InChI=1S/C21H24Cl2N2O2/c1-12(17-9-13-2-3-14(17)8-13)25-20(26)6-7-21-24-11-19(27-21)16-5-4-15(22)10-18(16)23/h4-5,10-14,17H,2-3,6-9H2,1H3,(H,25,26). The van der Waals surface area contributed by atoms with Crippen molar-refractivity contribution in [3.05, 3.63) is 40.3 Å². The third-order valence-corrected chi connectivity index (χ3v) is 6.69. The van der Waals surface area contributed by atoms with Crippen LogP contribution in [0, 0.1) is 17.8 Å². The Morgan fingerprint density at radius 2 is 2.19 bits per heavy atom. The van der Waals surface area contributed by atoms with Gasteiger partial charge in [0.15, 0.2) is 11.7 Å². The molecule has 4 atom stereocenters. The second-order valence-electron chi connectivity index (χ2n) is 7.94. The van der Waals surface area contributed by atoms with Crippen LogP contribution in [0.4, 0.5) is 0 Å². The summed E-state index contributed by atoms with van der Waals surface area (Å²) in [6.45, 7) is 2.15. The Balaban J connectivity index is 1.30. The molecule has 2 fully saturated rings. The molecule has 2 aliphatic carbocycles. The Labute approximate surface area is 169 Å². The maximum absolute atomic E-state index is 12.3. The molecule has 27 heavy (non-hydrogen) atoms. The van der Waals surface area contributed by atoms with Crippen molar-refractivity contribution in [2.45, 2.75) is 51.5 Å². The van der Waals surface area contributed by atoms with Crippen molar-refractivity contribution in [2.24, 2.45) is 17.8 Å². The zero-order valence-corrected chi connectivity index (χ0v) is 16.9. The van der Waals surface area contributed by atoms with Crippen LogP contribution in [0.3, 0.4) is 0 Å². The summed E-state index contributed by atoms with van der Waals surface area (Å²) in [6, 6.07) is 5.49. The van der Waals surface area contributed by atoms with Gasteiger partial charge in [-0.25, -0.2) is 4.98 Å². The highest BCUT2D eigenvalue weighted by atomic mass is 35.5. The molecule has 1 amide bonds. The van der Waals surface area contributed by atoms with Crippen LogP contribution in [0.2, 0.25) is 10.0 Å². The second kappa shape index (κ2) is 7.84. The van der Waals surface area contributed by atoms with Crippen LogP contribution < -0.4 is 5.32 Å². The molecule has 1 aromatic carbocycles. The van der Waals surface area contributed by atoms with Crippen molar-refractivity contribution >= 4 is 29.1 Å². The predicted molar refractivity (Wildman–Crippen MR) is 107 cm³/mol. The number of carbonyl (C=O) groups is 1. The van der Waals surface area contributed by atoms with E-state index in [2.05, 4.69) is 17.2 Å². The molecule has 2 aliphatic rings. The smallest absolute Gasteiger partial charge is 0.220 e. The minimum absolute atomic E-state index is 0.0644. The van der Waals surface area contributed by atoms with Gasteiger partial charge in [0.05, 0.1) is 11.2 Å². The van der Waals surface area contributed by atoms with Crippen LogP contribution in [0.25, 0.3) is 11.3 Å². The van der Waals surface area contributed by atoms with Crippen molar-refractivity contribution in [2.75, 3.05) is 0 Å². The number of carbonyl (C=O) groups excluding carboxylic acids is 1. The average molecular weight is 407 g/mol. The molecule has 6 heteroatoms. The fourth-order valence-electron chi connectivity index (χ4n) is 4.80. The molecule has 1 aromatic heterocycles. The minimum atomic E-state index is 0.0644. The third kappa shape index (κ3) is 4.17. The van der Waals surface area contributed by atoms with E-state index in [0.29, 0.717) is 40.5 Å². The molecule has 2 bridgehead atoms. The van der Waals surface area contributed by atoms with E-state index in [1.54, 1.807) is 24.4 Å². The quantitative estimate of drug-likeness (QED) is 0.686. The van der Waals surface area contributed by atoms with Crippen molar-refractivity contribution in [3.63, 3.8) is 0 Å². The number of rotatable bonds is 6. The fourth-order valence-corrected chi connectivity index (χ4v) is 5.30. The summed E-state index contributed by atoms with van der Waals surface area (Å²) >= 11 is 12.1. The van der Waals surface area contributed by atoms with Gasteiger partial charge in [-0.3, -0.25) is 4.79 Å². The first kappa shape index (κ1) is 18.8. The summed E-state index contributed by atoms with van der Waals surface area (Å²) in [5.41, 5.74) is 0.745. The zero-order valence-electron chi connectivity index (χ0n) is 15.4. The first-order chi connectivity index (χ1) is 13.0. The number of nitrogens with one attached hydrogen (secondary N) is 1. The normalized spacial score (nSPS) is 24.9. The van der Waals surface area contributed by atoms with Crippen LogP contribution in [-0.2, 0) is 11.2 Å². The number of halogens is 2. The number of fused-ring (bicyclic) bond motifs is 2. The highest BCUT2D eigenvalue weighted by Gasteiger charge is 2.42. The number of benzene rings is 1. The van der Waals surface area contributed by atoms with Gasteiger partial charge in [0.25, 0.3) is 0 Å². The highest BCUT2D eigenvalue weighted by Crippen LogP contribution is 2.49. The predicted octanol–water partition coefficient (Wildman–Crippen LogP) is 5.52. The van der Waals surface area contributed by atoms with E-state index in [4.69, 9.17) is 27.6 Å². The van der Waals surface area contributed by atoms with E-state index in [9.17, 15) is 4.79 Å². The van der Waals surface area contributed by atoms with Gasteiger partial charge in [0, 0.05) is 29.5 Å². The molecule has 4 unspecified atom stereocenters. The topological polar surface area (TPSA) is 55.1 Å². The lowest BCUT2D eigenvalue weighted by molar-refractivity contribution is -0.122. The number of aryl methyl sites for hydroxylation is 1. The Bertz CT molecular complexity index is 835. The Morgan fingerprint density at radius 3 is 2.89 bits per heavy atom. The van der Waals surface area contributed by atoms with Crippen LogP contribution in [0.1, 0.15) is 44.9 Å². The maximum atomic E-state index is 12.3. The maximum Gasteiger partial charge on any atom is 0.220 e. The number of hydrogen-bond donors (Lipinski definition) is 1. The molecular weight excluding hydrogens is 383 g/mol. The molecule has 0 radical (unpaired) electrons. The molecule has 0 spiro atoms. The number of hydrogen-bond acceptors (Lipinski definition) is 3. The van der Waals surface area contributed by atoms with E-state index in [1.807, 2.05) is 0 Å². The van der Waals surface area contributed by atoms with Gasteiger partial charge in [-0.05, 0) is 62.1 Å². The average Bonchev–Trinajstić information content (AvgIpc) is 3.36. The summed E-state index contributed by atoms with van der Waals surface area (Å²) in [4.78, 5) is 16.6. The van der Waals surface area contributed by atoms with E-state index >= 15 is 0 Å². The van der Waals surface area contributed by atoms with Crippen LogP contribution in [0.15, 0.2) is 28.8 Å². The molecular formula is C21H24Cl2N2O2. The summed E-state index contributed by atoms with van der Waals surface area (Å²) in [6.07, 6.45) is 7.84. The third-order valence-electron chi connectivity index (χ3n) is 6.14. The van der Waals surface area contributed by atoms with Gasteiger partial charge in [-0.15, -0.1) is 0 Å². The zero-order chi connectivity index (χ0) is 19.0. The van der Waals surface area contributed by atoms with Crippen molar-refractivity contribution in [3.8, 4) is 11.3 Å². The fraction of sp³-hybridized carbons (Fsp3) is 0.524. The highest BCUT2D eigenvalue weighted by molar-refractivity contribution is 6.36. The lowest BCUT2D eigenvalue weighted by atomic mass is 9.84. The lowest BCUT2D eigenvalue weighted by Gasteiger charge is -2.28. The summed E-state index contributed by atoms with van der Waals surface area (Å²) in [5.74, 6) is 3.54. The SMILES string of the molecule is CC(NC(=O)CCc1ncc(-c2ccc(Cl)cc2Cl)o1)C1CC2CCC1C2. The minimum Gasteiger partial charge on any atom is -0.441 e. The Kier molecular flexibility index (Phi) is 5.47. The van der Waals surface area contributed by atoms with E-state index in [1.165, 1.54) is 25.7 Å². The van der Waals surface area contributed by atoms with Crippen LogP contribution >= 0.6 is 23.2 Å². The molecule has 4 rings (SSSR count). The Morgan fingerprint density at radius 1 is 1.33 bits per heavy atom. The molecule has 144 valence electrons. The van der Waals surface area contributed by atoms with Gasteiger partial charge in [0.1, 0.15) is 0 Å². The van der Waals surface area contributed by atoms with E-state index in [0.717, 1.165) is 17.4 Å². The first-order valence-electron chi connectivity index (χ1n) is 9.69. The first-order valence-corrected chi connectivity index (χ1v) is 10.4. The van der Waals surface area contributed by atoms with Crippen molar-refractivity contribution < 1.29 is 9.21 Å². The van der Waals surface area contributed by atoms with Crippen molar-refractivity contribution in [1.29, 1.82) is 0 Å². The summed E-state index contributed by atoms with van der Waals surface area (Å²) in [5, 5.41) is 4.28. The Hall–Kier alpha value is -1.52. The molecule has 2 aromatic rings. The lowest BCUT2D eigenvalue weighted by Crippen LogP contribution is -2.40. The molecule has 1 N–H and O–H groups in total. The molecule has 4 nitrogen and oxygen atoms in total. The van der Waals surface area contributed by atoms with Crippen molar-refractivity contribution in [1.82, 2.24) is 10.3 Å². The van der Waals surface area contributed by atoms with Crippen LogP contribution in [0.5, 0.6) is 0 Å². The van der Waals surface area contributed by atoms with Gasteiger partial charge >= 0.3 is 0 Å². The number of nitrogens with zero attached hydrogens (tertiary/aromatic N) is 1. The molecule has 0 aliphatic heterocycles. The van der Waals surface area contributed by atoms with Gasteiger partial charge in [0.2, 0.25) is 5.91 Å². The molecule has 1 heterocycles. The second-order valence-corrected chi connectivity index (χ2v) is 8.78. The number of amides is 1. The molecule has 0 saturated heterocycles. The van der Waals surface area contributed by atoms with Gasteiger partial charge in [-0.2, -0.15) is 0 Å². The molecule has 2 saturated carbocycles. The van der Waals surface area contributed by atoms with E-state index < -0.39 is 0 Å². The van der Waals surface area contributed by atoms with Crippen LogP contribution in [-0.4, -0.2) is 16.9 Å². The van der Waals surface area contributed by atoms with E-state index in [-0.39, 0.29) is 11.9 Å². The van der Waals surface area contributed by atoms with Gasteiger partial charge in [-0.1, -0.05) is 29.6 Å².